The van der Waals surface area contributed by atoms with E-state index in [9.17, 15) is 14.4 Å². The van der Waals surface area contributed by atoms with Crippen LogP contribution in [-0.4, -0.2) is 136 Å². The average Bonchev–Trinajstić information content (AvgIpc) is 0.813. The van der Waals surface area contributed by atoms with Gasteiger partial charge in [0, 0.05) is 26.9 Å². The van der Waals surface area contributed by atoms with Crippen LogP contribution in [0.25, 0.3) is 0 Å². The Bertz CT molecular complexity index is 3070. The largest absolute Gasteiger partial charge is 0.469 e. The molecule has 3 aliphatic rings. The molecule has 93 heavy (non-hydrogen) atoms. The number of hydrogen-bond acceptors (Lipinski definition) is 17. The molecule has 0 unspecified atom stereocenters. The van der Waals surface area contributed by atoms with E-state index in [1.807, 2.05) is 189 Å². The van der Waals surface area contributed by atoms with Crippen molar-refractivity contribution in [2.45, 2.75) is 197 Å². The van der Waals surface area contributed by atoms with Crippen molar-refractivity contribution in [3.05, 3.63) is 215 Å². The molecular weight excluding hydrogens is 1210 g/mol. The van der Waals surface area contributed by atoms with Gasteiger partial charge in [-0.25, -0.2) is 0 Å². The lowest BCUT2D eigenvalue weighted by atomic mass is 9.94. The van der Waals surface area contributed by atoms with E-state index in [4.69, 9.17) is 77.9 Å². The van der Waals surface area contributed by atoms with Gasteiger partial charge in [0.25, 0.3) is 0 Å². The molecule has 0 radical (unpaired) electrons. The smallest absolute Gasteiger partial charge is 0.305 e. The topological polar surface area (TPSA) is 192 Å². The minimum Gasteiger partial charge on any atom is -0.469 e. The van der Waals surface area contributed by atoms with Crippen molar-refractivity contribution in [2.24, 2.45) is 0 Å². The molecule has 0 bridgehead atoms. The number of benzene rings is 6. The number of carbonyl (C=O) groups is 3. The number of unbranched alkanes of at least 4 members (excludes halogenated alkanes) is 5. The van der Waals surface area contributed by atoms with Gasteiger partial charge >= 0.3 is 11.9 Å². The maximum absolute atomic E-state index is 14.0. The van der Waals surface area contributed by atoms with E-state index < -0.39 is 103 Å². The number of nitrogens with one attached hydrogen (secondary N) is 1. The lowest BCUT2D eigenvalue weighted by Crippen LogP contribution is -2.70. The number of alkyl halides is 1. The first-order chi connectivity index (χ1) is 45.5. The Kier molecular flexibility index (Phi) is 29.1. The SMILES string of the molecule is COC(=O)CCCCCCCCO[C@@H]1O[C@H](COCc2ccccc2)[C@@H](O[C@@H]2O[C@H](COC(C)=O)[C@H](Cl)[C@H](OCc3ccccc3)[C@H]2OCc2ccccc2)[C@H](O[C@@H]2O[C@@H](C)[C@@H](OCc3ccccc3)[C@@H](OCc3ccccc3)[C@@H]2OCc2ccccc2)[C@H]1NC(C)=O. The first-order valence-corrected chi connectivity index (χ1v) is 32.8. The third-order valence-corrected chi connectivity index (χ3v) is 17.0. The fourth-order valence-corrected chi connectivity index (χ4v) is 12.0. The molecule has 6 aromatic carbocycles. The van der Waals surface area contributed by atoms with Gasteiger partial charge in [0.05, 0.1) is 64.8 Å². The Labute approximate surface area is 551 Å². The molecule has 1 N–H and O–H groups in total. The number of carbonyl (C=O) groups excluding carboxylic acids is 3. The van der Waals surface area contributed by atoms with Crippen molar-refractivity contribution in [2.75, 3.05) is 26.9 Å². The summed E-state index contributed by atoms with van der Waals surface area (Å²) in [4.78, 5) is 38.4. The molecule has 9 rings (SSSR count). The quantitative estimate of drug-likeness (QED) is 0.0222. The Morgan fingerprint density at radius 3 is 1.32 bits per heavy atom. The first-order valence-electron chi connectivity index (χ1n) is 32.4. The lowest BCUT2D eigenvalue weighted by molar-refractivity contribution is -0.377. The Morgan fingerprint density at radius 2 is 0.839 bits per heavy atom. The van der Waals surface area contributed by atoms with E-state index in [1.165, 1.54) is 21.0 Å². The highest BCUT2D eigenvalue weighted by molar-refractivity contribution is 6.21. The normalized spacial score (nSPS) is 26.2. The van der Waals surface area contributed by atoms with Crippen molar-refractivity contribution < 1.29 is 80.7 Å². The van der Waals surface area contributed by atoms with Crippen molar-refractivity contribution >= 4 is 29.4 Å². The van der Waals surface area contributed by atoms with E-state index in [1.54, 1.807) is 0 Å². The number of ether oxygens (including phenoxy) is 14. The molecule has 3 fully saturated rings. The molecule has 3 saturated heterocycles. The summed E-state index contributed by atoms with van der Waals surface area (Å²) in [6, 6.07) is 57.5. The Morgan fingerprint density at radius 1 is 0.430 bits per heavy atom. The highest BCUT2D eigenvalue weighted by atomic mass is 35.5. The maximum Gasteiger partial charge on any atom is 0.305 e. The van der Waals surface area contributed by atoms with Crippen LogP contribution in [0.1, 0.15) is 99.1 Å². The van der Waals surface area contributed by atoms with Gasteiger partial charge in [-0.3, -0.25) is 14.4 Å². The van der Waals surface area contributed by atoms with Crippen LogP contribution < -0.4 is 5.32 Å². The summed E-state index contributed by atoms with van der Waals surface area (Å²) >= 11 is 7.49. The van der Waals surface area contributed by atoms with E-state index in [0.29, 0.717) is 12.8 Å². The summed E-state index contributed by atoms with van der Waals surface area (Å²) in [5.74, 6) is -1.18. The first kappa shape index (κ1) is 70.8. The molecule has 0 aromatic heterocycles. The summed E-state index contributed by atoms with van der Waals surface area (Å²) in [7, 11) is 1.40. The zero-order chi connectivity index (χ0) is 65.0. The van der Waals surface area contributed by atoms with Crippen LogP contribution in [0.4, 0.5) is 0 Å². The number of rotatable bonds is 36. The molecule has 3 aliphatic heterocycles. The van der Waals surface area contributed by atoms with Gasteiger partial charge in [-0.05, 0) is 53.1 Å². The number of halogens is 1. The zero-order valence-electron chi connectivity index (χ0n) is 53.6. The fourth-order valence-electron chi connectivity index (χ4n) is 11.6. The second kappa shape index (κ2) is 38.2. The average molecular weight is 1300 g/mol. The Hall–Kier alpha value is -6.46. The molecule has 18 nitrogen and oxygen atoms in total. The van der Waals surface area contributed by atoms with E-state index >= 15 is 0 Å². The predicted octanol–water partition coefficient (Wildman–Crippen LogP) is 11.7. The van der Waals surface area contributed by atoms with E-state index in [-0.39, 0.29) is 65.4 Å². The lowest BCUT2D eigenvalue weighted by Gasteiger charge is -2.51. The second-order valence-electron chi connectivity index (χ2n) is 23.6. The van der Waals surface area contributed by atoms with Gasteiger partial charge in [-0.1, -0.05) is 208 Å². The molecule has 1 amide bonds. The van der Waals surface area contributed by atoms with E-state index in [2.05, 4.69) is 5.32 Å². The highest BCUT2D eigenvalue weighted by Crippen LogP contribution is 2.39. The van der Waals surface area contributed by atoms with Crippen LogP contribution in [0.2, 0.25) is 0 Å². The van der Waals surface area contributed by atoms with Crippen LogP contribution in [0.5, 0.6) is 0 Å². The van der Waals surface area contributed by atoms with Crippen LogP contribution in [0.3, 0.4) is 0 Å². The van der Waals surface area contributed by atoms with Crippen LogP contribution in [0.15, 0.2) is 182 Å². The number of hydrogen-bond donors (Lipinski definition) is 1. The third kappa shape index (κ3) is 22.3. The second-order valence-corrected chi connectivity index (χ2v) is 24.1. The molecule has 0 saturated carbocycles. The van der Waals surface area contributed by atoms with Crippen molar-refractivity contribution in [1.82, 2.24) is 5.32 Å². The number of esters is 2. The fraction of sp³-hybridized carbons (Fsp3) is 0.473. The molecular formula is C74H90ClNO17. The van der Waals surface area contributed by atoms with Crippen molar-refractivity contribution in [3.8, 4) is 0 Å². The van der Waals surface area contributed by atoms with Gasteiger partial charge in [-0.2, -0.15) is 0 Å². The summed E-state index contributed by atoms with van der Waals surface area (Å²) in [5, 5.41) is 2.23. The minimum atomic E-state index is -1.36. The summed E-state index contributed by atoms with van der Waals surface area (Å²) in [6.45, 7) is 5.52. The van der Waals surface area contributed by atoms with Gasteiger partial charge in [0.1, 0.15) is 67.6 Å². The molecule has 500 valence electrons. The zero-order valence-corrected chi connectivity index (χ0v) is 54.4. The van der Waals surface area contributed by atoms with Gasteiger partial charge < -0.3 is 71.6 Å². The minimum absolute atomic E-state index is 0.0864. The maximum atomic E-state index is 14.0. The van der Waals surface area contributed by atoms with Crippen molar-refractivity contribution in [3.63, 3.8) is 0 Å². The van der Waals surface area contributed by atoms with Crippen molar-refractivity contribution in [1.29, 1.82) is 0 Å². The van der Waals surface area contributed by atoms with Gasteiger partial charge in [0.2, 0.25) is 5.91 Å². The summed E-state index contributed by atoms with van der Waals surface area (Å²) < 4.78 is 95.1. The monoisotopic (exact) mass is 1300 g/mol. The number of methoxy groups -OCH3 is 1. The molecule has 3 heterocycles. The van der Waals surface area contributed by atoms with Crippen LogP contribution >= 0.6 is 11.6 Å². The highest BCUT2D eigenvalue weighted by Gasteiger charge is 2.57. The molecule has 6 aromatic rings. The third-order valence-electron chi connectivity index (χ3n) is 16.5. The number of amides is 1. The standard InChI is InChI=1S/C74H90ClNO17/c1-51-65(84-44-55-31-17-10-18-32-55)69(86-46-57-35-21-12-22-36-57)71(88-48-59-39-25-14-26-40-59)73(89-51)93-68-64(76-52(2)77)72(82-42-28-8-6-5-7-27-41-62(79)80-4)91-61(49-81-43-54-29-15-9-16-30-54)66(68)92-74-70(87-47-58-37-23-13-24-38-58)67(85-45-56-33-19-11-20-34-56)63(75)60(90-74)50-83-53(3)78/h9-26,29-40,51,60-61,63-74H,5-8,27-28,41-50H2,1-4H3,(H,76,77)/t51-,60+,61+,63-,64+,65+,66+,67-,68+,69+,70+,71-,72+,73-,74-/m0/s1. The molecule has 19 heteroatoms. The summed E-state index contributed by atoms with van der Waals surface area (Å²) in [6.07, 6.45) is -8.26. The van der Waals surface area contributed by atoms with Crippen LogP contribution in [0, 0.1) is 0 Å². The van der Waals surface area contributed by atoms with Gasteiger partial charge in [-0.15, -0.1) is 11.6 Å². The molecule has 0 aliphatic carbocycles. The molecule has 15 atom stereocenters. The molecule has 0 spiro atoms. The van der Waals surface area contributed by atoms with Gasteiger partial charge in [0.15, 0.2) is 18.9 Å². The predicted molar refractivity (Wildman–Crippen MR) is 347 cm³/mol. The van der Waals surface area contributed by atoms with E-state index in [0.717, 1.165) is 65.5 Å². The summed E-state index contributed by atoms with van der Waals surface area (Å²) in [5.41, 5.74) is 5.39. The van der Waals surface area contributed by atoms with Crippen LogP contribution in [-0.2, 0) is 120 Å². The Balaban J connectivity index is 1.13.